The number of nitrogens with zero attached hydrogens (tertiary/aromatic N) is 1. The number of nitro benzene ring substituents is 1. The smallest absolute Gasteiger partial charge is 0.311 e. The standard InChI is InChI=1S/C12H15NO7/c1-6-9(14)10(15)11(16)12(19-6)20-8-5-3-2-4-7(8)13(17)18/h2-6,9-12,14-16H,1H3/t6-,9-,10+,11-,12+/m1/s1. The van der Waals surface area contributed by atoms with E-state index in [0.717, 1.165) is 0 Å². The lowest BCUT2D eigenvalue weighted by Gasteiger charge is -2.38. The molecule has 1 heterocycles. The number of hydrogen-bond donors (Lipinski definition) is 3. The number of ether oxygens (including phenoxy) is 2. The van der Waals surface area contributed by atoms with Gasteiger partial charge in [-0.3, -0.25) is 10.1 Å². The number of rotatable bonds is 3. The lowest BCUT2D eigenvalue weighted by Crippen LogP contribution is -2.58. The average Bonchev–Trinajstić information content (AvgIpc) is 2.43. The van der Waals surface area contributed by atoms with Crippen LogP contribution in [0.25, 0.3) is 0 Å². The first kappa shape index (κ1) is 14.7. The highest BCUT2D eigenvalue weighted by atomic mass is 16.7. The summed E-state index contributed by atoms with van der Waals surface area (Å²) in [4.78, 5) is 10.2. The molecule has 0 unspecified atom stereocenters. The summed E-state index contributed by atoms with van der Waals surface area (Å²) in [6.07, 6.45) is -6.30. The van der Waals surface area contributed by atoms with E-state index in [1.807, 2.05) is 0 Å². The van der Waals surface area contributed by atoms with Gasteiger partial charge >= 0.3 is 5.69 Å². The Morgan fingerprint density at radius 2 is 1.85 bits per heavy atom. The molecule has 5 atom stereocenters. The van der Waals surface area contributed by atoms with Gasteiger partial charge in [0.25, 0.3) is 0 Å². The second-order valence-corrected chi connectivity index (χ2v) is 4.52. The molecule has 0 amide bonds. The van der Waals surface area contributed by atoms with Crippen LogP contribution in [-0.4, -0.2) is 50.9 Å². The van der Waals surface area contributed by atoms with E-state index >= 15 is 0 Å². The van der Waals surface area contributed by atoms with E-state index < -0.39 is 35.6 Å². The van der Waals surface area contributed by atoms with Crippen LogP contribution in [0.5, 0.6) is 5.75 Å². The van der Waals surface area contributed by atoms with Crippen molar-refractivity contribution >= 4 is 5.69 Å². The Balaban J connectivity index is 2.20. The number of aliphatic hydroxyl groups excluding tert-OH is 3. The minimum absolute atomic E-state index is 0.0858. The summed E-state index contributed by atoms with van der Waals surface area (Å²) in [5.74, 6) is -0.0858. The fraction of sp³-hybridized carbons (Fsp3) is 0.500. The first-order valence-electron chi connectivity index (χ1n) is 6.01. The van der Waals surface area contributed by atoms with Gasteiger partial charge in [0.15, 0.2) is 5.75 Å². The van der Waals surface area contributed by atoms with Gasteiger partial charge in [-0.1, -0.05) is 12.1 Å². The molecule has 1 fully saturated rings. The Morgan fingerprint density at radius 3 is 2.50 bits per heavy atom. The van der Waals surface area contributed by atoms with E-state index in [1.54, 1.807) is 0 Å². The lowest BCUT2D eigenvalue weighted by atomic mass is 10.00. The molecule has 0 radical (unpaired) electrons. The van der Waals surface area contributed by atoms with Crippen LogP contribution in [0.2, 0.25) is 0 Å². The summed E-state index contributed by atoms with van der Waals surface area (Å²) < 4.78 is 10.5. The van der Waals surface area contributed by atoms with Crippen LogP contribution in [0.15, 0.2) is 24.3 Å². The highest BCUT2D eigenvalue weighted by Gasteiger charge is 2.43. The van der Waals surface area contributed by atoms with Gasteiger partial charge in [0, 0.05) is 6.07 Å². The van der Waals surface area contributed by atoms with Crippen molar-refractivity contribution in [1.29, 1.82) is 0 Å². The molecule has 0 aromatic heterocycles. The highest BCUT2D eigenvalue weighted by Crippen LogP contribution is 2.30. The Labute approximate surface area is 114 Å². The third-order valence-electron chi connectivity index (χ3n) is 3.11. The van der Waals surface area contributed by atoms with Gasteiger partial charge in [-0.05, 0) is 13.0 Å². The van der Waals surface area contributed by atoms with E-state index in [4.69, 9.17) is 9.47 Å². The fourth-order valence-electron chi connectivity index (χ4n) is 1.94. The number of aliphatic hydroxyl groups is 3. The van der Waals surface area contributed by atoms with Crippen LogP contribution in [0.4, 0.5) is 5.69 Å². The SMILES string of the molecule is C[C@H]1O[C@@H](Oc2ccccc2[N+](=O)[O-])[C@H](O)[C@@H](O)[C@@H]1O. The van der Waals surface area contributed by atoms with E-state index in [1.165, 1.54) is 31.2 Å². The van der Waals surface area contributed by atoms with Crippen molar-refractivity contribution < 1.29 is 29.7 Å². The zero-order chi connectivity index (χ0) is 14.9. The molecule has 1 saturated heterocycles. The zero-order valence-electron chi connectivity index (χ0n) is 10.6. The van der Waals surface area contributed by atoms with Crippen LogP contribution in [0, 0.1) is 10.1 Å². The van der Waals surface area contributed by atoms with Crippen molar-refractivity contribution in [3.8, 4) is 5.75 Å². The molecule has 0 spiro atoms. The maximum Gasteiger partial charge on any atom is 0.311 e. The van der Waals surface area contributed by atoms with E-state index in [0.29, 0.717) is 0 Å². The number of hydrogen-bond acceptors (Lipinski definition) is 7. The third-order valence-corrected chi connectivity index (χ3v) is 3.11. The van der Waals surface area contributed by atoms with Crippen LogP contribution >= 0.6 is 0 Å². The molecule has 2 rings (SSSR count). The first-order valence-corrected chi connectivity index (χ1v) is 6.01. The van der Waals surface area contributed by atoms with E-state index in [-0.39, 0.29) is 11.4 Å². The minimum Gasteiger partial charge on any atom is -0.455 e. The Hall–Kier alpha value is -1.74. The predicted octanol–water partition coefficient (Wildman–Crippen LogP) is -0.199. The fourth-order valence-corrected chi connectivity index (χ4v) is 1.94. The van der Waals surface area contributed by atoms with Crippen molar-refractivity contribution in [2.45, 2.75) is 37.6 Å². The minimum atomic E-state index is -1.51. The molecule has 1 aromatic carbocycles. The summed E-state index contributed by atoms with van der Waals surface area (Å²) >= 11 is 0. The van der Waals surface area contributed by atoms with Gasteiger partial charge in [0.1, 0.15) is 18.3 Å². The van der Waals surface area contributed by atoms with Crippen molar-refractivity contribution in [1.82, 2.24) is 0 Å². The van der Waals surface area contributed by atoms with Crippen molar-refractivity contribution in [2.75, 3.05) is 0 Å². The van der Waals surface area contributed by atoms with E-state index in [9.17, 15) is 25.4 Å². The lowest BCUT2D eigenvalue weighted by molar-refractivity contribution is -0.387. The maximum absolute atomic E-state index is 10.9. The van der Waals surface area contributed by atoms with Gasteiger partial charge in [0.05, 0.1) is 11.0 Å². The second kappa shape index (κ2) is 5.71. The topological polar surface area (TPSA) is 122 Å². The monoisotopic (exact) mass is 285 g/mol. The summed E-state index contributed by atoms with van der Waals surface area (Å²) in [6.45, 7) is 1.50. The largest absolute Gasteiger partial charge is 0.455 e. The zero-order valence-corrected chi connectivity index (χ0v) is 10.6. The molecule has 0 saturated carbocycles. The molecule has 1 aliphatic rings. The normalized spacial score (nSPS) is 33.7. The molecular formula is C12H15NO7. The van der Waals surface area contributed by atoms with Gasteiger partial charge in [-0.25, -0.2) is 0 Å². The molecule has 1 aromatic rings. The van der Waals surface area contributed by atoms with Crippen LogP contribution in [-0.2, 0) is 4.74 Å². The molecule has 110 valence electrons. The summed E-state index contributed by atoms with van der Waals surface area (Å²) in [5, 5.41) is 39.8. The number of para-hydroxylation sites is 2. The van der Waals surface area contributed by atoms with E-state index in [2.05, 4.69) is 0 Å². The summed E-state index contributed by atoms with van der Waals surface area (Å²) in [7, 11) is 0. The molecule has 8 nitrogen and oxygen atoms in total. The van der Waals surface area contributed by atoms with Gasteiger partial charge in [0.2, 0.25) is 6.29 Å². The maximum atomic E-state index is 10.9. The summed E-state index contributed by atoms with van der Waals surface area (Å²) in [6, 6.07) is 5.62. The Kier molecular flexibility index (Phi) is 4.19. The summed E-state index contributed by atoms with van der Waals surface area (Å²) in [5.41, 5.74) is -0.281. The quantitative estimate of drug-likeness (QED) is 0.519. The Bertz CT molecular complexity index is 494. The van der Waals surface area contributed by atoms with Crippen LogP contribution in [0.1, 0.15) is 6.92 Å². The average molecular weight is 285 g/mol. The van der Waals surface area contributed by atoms with Gasteiger partial charge in [-0.15, -0.1) is 0 Å². The molecule has 0 bridgehead atoms. The second-order valence-electron chi connectivity index (χ2n) is 4.52. The molecule has 0 aliphatic carbocycles. The van der Waals surface area contributed by atoms with Crippen molar-refractivity contribution in [3.63, 3.8) is 0 Å². The van der Waals surface area contributed by atoms with Gasteiger partial charge in [-0.2, -0.15) is 0 Å². The molecular weight excluding hydrogens is 270 g/mol. The highest BCUT2D eigenvalue weighted by molar-refractivity contribution is 5.45. The third kappa shape index (κ3) is 2.73. The van der Waals surface area contributed by atoms with Crippen LogP contribution < -0.4 is 4.74 Å². The predicted molar refractivity (Wildman–Crippen MR) is 66.1 cm³/mol. The Morgan fingerprint density at radius 1 is 1.20 bits per heavy atom. The van der Waals surface area contributed by atoms with Crippen molar-refractivity contribution in [2.24, 2.45) is 0 Å². The number of nitro groups is 1. The molecule has 20 heavy (non-hydrogen) atoms. The number of benzene rings is 1. The molecule has 3 N–H and O–H groups in total. The first-order chi connectivity index (χ1) is 9.41. The van der Waals surface area contributed by atoms with Crippen molar-refractivity contribution in [3.05, 3.63) is 34.4 Å². The molecule has 8 heteroatoms. The van der Waals surface area contributed by atoms with Crippen LogP contribution in [0.3, 0.4) is 0 Å². The molecule has 1 aliphatic heterocycles. The van der Waals surface area contributed by atoms with Gasteiger partial charge < -0.3 is 24.8 Å².